The summed E-state index contributed by atoms with van der Waals surface area (Å²) < 4.78 is 1.73. The van der Waals surface area contributed by atoms with E-state index in [0.29, 0.717) is 16.8 Å². The van der Waals surface area contributed by atoms with Crippen LogP contribution in [-0.2, 0) is 0 Å². The van der Waals surface area contributed by atoms with E-state index in [0.717, 1.165) is 5.69 Å². The molecule has 0 spiro atoms. The highest BCUT2D eigenvalue weighted by molar-refractivity contribution is 6.04. The summed E-state index contributed by atoms with van der Waals surface area (Å²) in [6.45, 7) is 1.67. The summed E-state index contributed by atoms with van der Waals surface area (Å²) >= 11 is 0. The van der Waals surface area contributed by atoms with E-state index in [9.17, 15) is 9.90 Å². The fraction of sp³-hybridized carbons (Fsp3) is 0.111. The second kappa shape index (κ2) is 6.46. The molecule has 3 aromatic rings. The molecule has 1 amide bonds. The van der Waals surface area contributed by atoms with E-state index in [1.54, 1.807) is 42.1 Å². The van der Waals surface area contributed by atoms with Gasteiger partial charge in [0.2, 0.25) is 0 Å². The van der Waals surface area contributed by atoms with Crippen molar-refractivity contribution in [1.29, 1.82) is 0 Å². The lowest BCUT2D eigenvalue weighted by Gasteiger charge is -2.13. The molecule has 3 rings (SSSR count). The van der Waals surface area contributed by atoms with Crippen LogP contribution in [0.15, 0.2) is 67.0 Å². The number of nitrogens with zero attached hydrogens (tertiary/aromatic N) is 2. The zero-order valence-corrected chi connectivity index (χ0v) is 12.7. The fourth-order valence-corrected chi connectivity index (χ4v) is 2.36. The quantitative estimate of drug-likeness (QED) is 0.778. The Morgan fingerprint density at radius 2 is 1.87 bits per heavy atom. The predicted molar refractivity (Wildman–Crippen MR) is 88.6 cm³/mol. The Kier molecular flexibility index (Phi) is 4.21. The largest absolute Gasteiger partial charge is 0.389 e. The Hall–Kier alpha value is -2.92. The van der Waals surface area contributed by atoms with Crippen molar-refractivity contribution in [2.75, 3.05) is 5.32 Å². The zero-order chi connectivity index (χ0) is 16.2. The van der Waals surface area contributed by atoms with Gasteiger partial charge in [0.1, 0.15) is 0 Å². The van der Waals surface area contributed by atoms with Crippen molar-refractivity contribution in [2.24, 2.45) is 0 Å². The number of amides is 1. The lowest BCUT2D eigenvalue weighted by molar-refractivity contribution is 0.102. The minimum Gasteiger partial charge on any atom is -0.389 e. The maximum Gasteiger partial charge on any atom is 0.255 e. The summed E-state index contributed by atoms with van der Waals surface area (Å²) in [5, 5.41) is 16.8. The van der Waals surface area contributed by atoms with Gasteiger partial charge in [-0.25, -0.2) is 4.68 Å². The Labute approximate surface area is 134 Å². The molecule has 116 valence electrons. The normalized spacial score (nSPS) is 11.9. The van der Waals surface area contributed by atoms with Crippen LogP contribution in [-0.4, -0.2) is 20.8 Å². The monoisotopic (exact) mass is 307 g/mol. The summed E-state index contributed by atoms with van der Waals surface area (Å²) in [4.78, 5) is 12.4. The fourth-order valence-electron chi connectivity index (χ4n) is 2.36. The van der Waals surface area contributed by atoms with E-state index in [-0.39, 0.29) is 5.91 Å². The second-order valence-electron chi connectivity index (χ2n) is 5.21. The standard InChI is InChI=1S/C18H17N3O2/c1-13(22)16-5-2-3-6-17(16)20-18(23)14-7-9-15(10-8-14)21-12-4-11-19-21/h2-13,22H,1H3,(H,20,23). The van der Waals surface area contributed by atoms with Gasteiger partial charge in [0.25, 0.3) is 5.91 Å². The number of nitrogens with one attached hydrogen (secondary N) is 1. The first kappa shape index (κ1) is 15.0. The molecule has 1 unspecified atom stereocenters. The number of carbonyl (C=O) groups is 1. The number of hydrogen-bond acceptors (Lipinski definition) is 3. The second-order valence-corrected chi connectivity index (χ2v) is 5.21. The van der Waals surface area contributed by atoms with Gasteiger partial charge >= 0.3 is 0 Å². The Morgan fingerprint density at radius 3 is 2.52 bits per heavy atom. The highest BCUT2D eigenvalue weighted by Crippen LogP contribution is 2.23. The van der Waals surface area contributed by atoms with Crippen molar-refractivity contribution in [3.05, 3.63) is 78.1 Å². The van der Waals surface area contributed by atoms with Gasteiger partial charge in [0.15, 0.2) is 0 Å². The molecular weight excluding hydrogens is 290 g/mol. The van der Waals surface area contributed by atoms with Gasteiger partial charge in [-0.3, -0.25) is 4.79 Å². The van der Waals surface area contributed by atoms with Crippen molar-refractivity contribution in [3.8, 4) is 5.69 Å². The highest BCUT2D eigenvalue weighted by atomic mass is 16.3. The summed E-state index contributed by atoms with van der Waals surface area (Å²) in [6, 6.07) is 16.2. The summed E-state index contributed by atoms with van der Waals surface area (Å²) in [5.41, 5.74) is 2.73. The molecule has 0 bridgehead atoms. The van der Waals surface area contributed by atoms with Crippen LogP contribution in [0.3, 0.4) is 0 Å². The van der Waals surface area contributed by atoms with E-state index < -0.39 is 6.10 Å². The molecule has 5 heteroatoms. The van der Waals surface area contributed by atoms with Crippen molar-refractivity contribution in [3.63, 3.8) is 0 Å². The third kappa shape index (κ3) is 3.30. The van der Waals surface area contributed by atoms with E-state index in [1.165, 1.54) is 0 Å². The number of aliphatic hydroxyl groups excluding tert-OH is 1. The van der Waals surface area contributed by atoms with Crippen LogP contribution in [0.1, 0.15) is 28.9 Å². The number of rotatable bonds is 4. The van der Waals surface area contributed by atoms with Gasteiger partial charge in [-0.05, 0) is 43.3 Å². The summed E-state index contributed by atoms with van der Waals surface area (Å²) in [7, 11) is 0. The first-order valence-electron chi connectivity index (χ1n) is 7.33. The molecule has 0 saturated carbocycles. The molecular formula is C18H17N3O2. The molecule has 0 aliphatic heterocycles. The topological polar surface area (TPSA) is 67.2 Å². The van der Waals surface area contributed by atoms with Gasteiger partial charge in [-0.2, -0.15) is 5.10 Å². The lowest BCUT2D eigenvalue weighted by atomic mass is 10.1. The molecule has 5 nitrogen and oxygen atoms in total. The van der Waals surface area contributed by atoms with Crippen LogP contribution in [0.5, 0.6) is 0 Å². The molecule has 1 atom stereocenters. The lowest BCUT2D eigenvalue weighted by Crippen LogP contribution is -2.14. The Balaban J connectivity index is 1.79. The Morgan fingerprint density at radius 1 is 1.13 bits per heavy atom. The van der Waals surface area contributed by atoms with Crippen LogP contribution < -0.4 is 5.32 Å². The average molecular weight is 307 g/mol. The van der Waals surface area contributed by atoms with Gasteiger partial charge in [0.05, 0.1) is 11.8 Å². The van der Waals surface area contributed by atoms with Gasteiger partial charge in [-0.15, -0.1) is 0 Å². The predicted octanol–water partition coefficient (Wildman–Crippen LogP) is 3.18. The highest BCUT2D eigenvalue weighted by Gasteiger charge is 2.11. The van der Waals surface area contributed by atoms with Crippen molar-refractivity contribution >= 4 is 11.6 Å². The van der Waals surface area contributed by atoms with E-state index in [4.69, 9.17) is 0 Å². The van der Waals surface area contributed by atoms with Crippen LogP contribution in [0.4, 0.5) is 5.69 Å². The molecule has 0 fully saturated rings. The molecule has 0 aliphatic carbocycles. The molecule has 2 N–H and O–H groups in total. The molecule has 0 saturated heterocycles. The maximum atomic E-state index is 12.4. The minimum atomic E-state index is -0.645. The molecule has 0 aliphatic rings. The SMILES string of the molecule is CC(O)c1ccccc1NC(=O)c1ccc(-n2cccn2)cc1. The molecule has 2 aromatic carbocycles. The molecule has 1 aromatic heterocycles. The number of aliphatic hydroxyl groups is 1. The van der Waals surface area contributed by atoms with E-state index >= 15 is 0 Å². The maximum absolute atomic E-state index is 12.4. The van der Waals surface area contributed by atoms with Gasteiger partial charge < -0.3 is 10.4 Å². The average Bonchev–Trinajstić information content (AvgIpc) is 3.10. The van der Waals surface area contributed by atoms with Crippen LogP contribution in [0, 0.1) is 0 Å². The third-order valence-corrected chi connectivity index (χ3v) is 3.56. The van der Waals surface area contributed by atoms with Crippen molar-refractivity contribution in [1.82, 2.24) is 9.78 Å². The zero-order valence-electron chi connectivity index (χ0n) is 12.7. The number of carbonyl (C=O) groups excluding carboxylic acids is 1. The van der Waals surface area contributed by atoms with E-state index in [2.05, 4.69) is 10.4 Å². The number of anilines is 1. The summed E-state index contributed by atoms with van der Waals surface area (Å²) in [5.74, 6) is -0.217. The first-order valence-corrected chi connectivity index (χ1v) is 7.33. The first-order chi connectivity index (χ1) is 11.1. The van der Waals surface area contributed by atoms with Crippen LogP contribution in [0.2, 0.25) is 0 Å². The van der Waals surface area contributed by atoms with Crippen molar-refractivity contribution < 1.29 is 9.90 Å². The van der Waals surface area contributed by atoms with E-state index in [1.807, 2.05) is 36.5 Å². The van der Waals surface area contributed by atoms with Crippen LogP contribution in [0.25, 0.3) is 5.69 Å². The third-order valence-electron chi connectivity index (χ3n) is 3.56. The van der Waals surface area contributed by atoms with Crippen molar-refractivity contribution in [2.45, 2.75) is 13.0 Å². The summed E-state index contributed by atoms with van der Waals surface area (Å²) in [6.07, 6.45) is 2.90. The smallest absolute Gasteiger partial charge is 0.255 e. The van der Waals surface area contributed by atoms with Crippen LogP contribution >= 0.6 is 0 Å². The number of para-hydroxylation sites is 1. The number of aromatic nitrogens is 2. The minimum absolute atomic E-state index is 0.217. The van der Waals surface area contributed by atoms with Gasteiger partial charge in [0, 0.05) is 29.2 Å². The molecule has 23 heavy (non-hydrogen) atoms. The number of benzene rings is 2. The molecule has 0 radical (unpaired) electrons. The molecule has 1 heterocycles. The number of hydrogen-bond donors (Lipinski definition) is 2. The van der Waals surface area contributed by atoms with Gasteiger partial charge in [-0.1, -0.05) is 18.2 Å². The Bertz CT molecular complexity index is 793.